The van der Waals surface area contributed by atoms with Crippen molar-refractivity contribution in [2.45, 2.75) is 57.7 Å². The third kappa shape index (κ3) is 8.91. The summed E-state index contributed by atoms with van der Waals surface area (Å²) in [5.41, 5.74) is 11.3. The molecule has 1 aliphatic rings. The summed E-state index contributed by atoms with van der Waals surface area (Å²) in [6, 6.07) is 8.36. The molecule has 2 rings (SSSR count). The highest BCUT2D eigenvalue weighted by atomic mass is 16.3. The van der Waals surface area contributed by atoms with Gasteiger partial charge < -0.3 is 15.7 Å². The van der Waals surface area contributed by atoms with Crippen LogP contribution in [0.15, 0.2) is 30.3 Å². The van der Waals surface area contributed by atoms with Gasteiger partial charge in [-0.05, 0) is 24.8 Å². The van der Waals surface area contributed by atoms with E-state index in [1.54, 1.807) is 0 Å². The normalized spacial score (nSPS) is 23.6. The number of Topliss-reactive ketones (excluding diaryl/α,β-unsaturated/α-hetero) is 1. The van der Waals surface area contributed by atoms with Crippen LogP contribution in [0.3, 0.4) is 0 Å². The average molecular weight is 462 g/mol. The van der Waals surface area contributed by atoms with E-state index in [1.165, 1.54) is 4.90 Å². The first-order valence-corrected chi connectivity index (χ1v) is 11.4. The first-order valence-electron chi connectivity index (χ1n) is 11.4. The fraction of sp³-hybridized carbons (Fsp3) is 0.565. The van der Waals surface area contributed by atoms with Crippen LogP contribution < -0.4 is 21.9 Å². The number of unbranched alkanes of at least 4 members (excludes halogenated alkanes) is 1. The van der Waals surface area contributed by atoms with E-state index < -0.39 is 35.9 Å². The van der Waals surface area contributed by atoms with Crippen LogP contribution in [0.2, 0.25) is 0 Å². The number of carbonyl (C=O) groups excluding carboxylic acids is 4. The van der Waals surface area contributed by atoms with E-state index >= 15 is 0 Å². The molecule has 0 bridgehead atoms. The lowest BCUT2D eigenvalue weighted by atomic mass is 9.97. The van der Waals surface area contributed by atoms with E-state index in [4.69, 9.17) is 5.73 Å². The minimum absolute atomic E-state index is 0.0733. The number of amides is 3. The van der Waals surface area contributed by atoms with Crippen LogP contribution in [-0.4, -0.2) is 65.4 Å². The zero-order chi connectivity index (χ0) is 24.2. The lowest BCUT2D eigenvalue weighted by molar-refractivity contribution is -0.140. The molecule has 0 aliphatic carbocycles. The summed E-state index contributed by atoms with van der Waals surface area (Å²) in [6.45, 7) is 1.77. The van der Waals surface area contributed by atoms with E-state index in [0.29, 0.717) is 19.3 Å². The molecule has 1 aromatic rings. The second-order valence-corrected chi connectivity index (χ2v) is 8.31. The zero-order valence-corrected chi connectivity index (χ0v) is 19.1. The smallest absolute Gasteiger partial charge is 0.241 e. The van der Waals surface area contributed by atoms with Crippen LogP contribution in [0.25, 0.3) is 0 Å². The van der Waals surface area contributed by atoms with Gasteiger partial charge in [0.2, 0.25) is 17.7 Å². The standard InChI is InChI=1S/C23H35N5O5/c1-2-3-11-18-21(31)26-19(13-16-8-5-4-6-9-16)23(33)28(15-20(24)30)12-7-10-17(29)14-25-27-22(18)32/h4-6,8-9,18-19,21,25-26,31H,2-3,7,10-15H2,1H3,(H2,24,30)(H,27,32)/t18?,19-,21?/m0/s1. The Hall–Kier alpha value is -2.82. The van der Waals surface area contributed by atoms with Crippen LogP contribution in [0, 0.1) is 5.92 Å². The van der Waals surface area contributed by atoms with Gasteiger partial charge in [-0.25, -0.2) is 5.43 Å². The summed E-state index contributed by atoms with van der Waals surface area (Å²) in [6.07, 6.45) is 1.35. The average Bonchev–Trinajstić information content (AvgIpc) is 2.77. The molecule has 6 N–H and O–H groups in total. The van der Waals surface area contributed by atoms with Gasteiger partial charge in [-0.1, -0.05) is 50.1 Å². The van der Waals surface area contributed by atoms with Crippen molar-refractivity contribution >= 4 is 23.5 Å². The molecule has 10 nitrogen and oxygen atoms in total. The lowest BCUT2D eigenvalue weighted by Crippen LogP contribution is -2.57. The van der Waals surface area contributed by atoms with Crippen molar-refractivity contribution in [2.24, 2.45) is 11.7 Å². The Balaban J connectivity index is 2.35. The van der Waals surface area contributed by atoms with Gasteiger partial charge in [0.25, 0.3) is 0 Å². The molecular weight excluding hydrogens is 426 g/mol. The van der Waals surface area contributed by atoms with Crippen LogP contribution in [0.1, 0.15) is 44.6 Å². The molecule has 1 heterocycles. The lowest BCUT2D eigenvalue weighted by Gasteiger charge is -2.31. The maximum absolute atomic E-state index is 13.4. The summed E-state index contributed by atoms with van der Waals surface area (Å²) < 4.78 is 0. The summed E-state index contributed by atoms with van der Waals surface area (Å²) in [5.74, 6) is -2.55. The fourth-order valence-corrected chi connectivity index (χ4v) is 3.80. The van der Waals surface area contributed by atoms with Crippen molar-refractivity contribution in [2.75, 3.05) is 19.6 Å². The van der Waals surface area contributed by atoms with E-state index in [0.717, 1.165) is 12.0 Å². The molecule has 1 fully saturated rings. The highest BCUT2D eigenvalue weighted by molar-refractivity contribution is 5.87. The quantitative estimate of drug-likeness (QED) is 0.370. The number of nitrogens with one attached hydrogen (secondary N) is 3. The number of hydrogen-bond acceptors (Lipinski definition) is 7. The summed E-state index contributed by atoms with van der Waals surface area (Å²) in [4.78, 5) is 51.2. The Bertz CT molecular complexity index is 804. The largest absolute Gasteiger partial charge is 0.378 e. The molecule has 0 aromatic heterocycles. The van der Waals surface area contributed by atoms with Crippen LogP contribution >= 0.6 is 0 Å². The number of hydrogen-bond donors (Lipinski definition) is 5. The minimum atomic E-state index is -1.31. The number of carbonyl (C=O) groups is 4. The molecule has 33 heavy (non-hydrogen) atoms. The van der Waals surface area contributed by atoms with E-state index in [1.807, 2.05) is 37.3 Å². The molecule has 0 spiro atoms. The number of nitrogens with zero attached hydrogens (tertiary/aromatic N) is 1. The third-order valence-corrected chi connectivity index (χ3v) is 5.58. The molecule has 3 amide bonds. The van der Waals surface area contributed by atoms with Gasteiger partial charge in [0, 0.05) is 13.0 Å². The molecule has 3 atom stereocenters. The van der Waals surface area contributed by atoms with Crippen molar-refractivity contribution in [3.05, 3.63) is 35.9 Å². The minimum Gasteiger partial charge on any atom is -0.378 e. The number of benzene rings is 1. The summed E-state index contributed by atoms with van der Waals surface area (Å²) in [5, 5.41) is 13.9. The predicted molar refractivity (Wildman–Crippen MR) is 122 cm³/mol. The number of hydrazine groups is 1. The second-order valence-electron chi connectivity index (χ2n) is 8.31. The molecule has 0 saturated carbocycles. The Morgan fingerprint density at radius 1 is 1.21 bits per heavy atom. The van der Waals surface area contributed by atoms with E-state index in [2.05, 4.69) is 16.2 Å². The molecule has 182 valence electrons. The van der Waals surface area contributed by atoms with Crippen molar-refractivity contribution in [1.29, 1.82) is 0 Å². The predicted octanol–water partition coefficient (Wildman–Crippen LogP) is -0.390. The molecular formula is C23H35N5O5. The first-order chi connectivity index (χ1) is 15.8. The first kappa shape index (κ1) is 26.4. The number of aliphatic hydroxyl groups is 1. The van der Waals surface area contributed by atoms with Gasteiger partial charge >= 0.3 is 0 Å². The maximum Gasteiger partial charge on any atom is 0.241 e. The third-order valence-electron chi connectivity index (χ3n) is 5.58. The van der Waals surface area contributed by atoms with Crippen molar-refractivity contribution in [1.82, 2.24) is 21.1 Å². The van der Waals surface area contributed by atoms with Crippen LogP contribution in [0.5, 0.6) is 0 Å². The Labute approximate surface area is 194 Å². The highest BCUT2D eigenvalue weighted by Gasteiger charge is 2.33. The van der Waals surface area contributed by atoms with Gasteiger partial charge in [-0.15, -0.1) is 0 Å². The van der Waals surface area contributed by atoms with Crippen LogP contribution in [-0.2, 0) is 25.6 Å². The number of ketones is 1. The van der Waals surface area contributed by atoms with E-state index in [9.17, 15) is 24.3 Å². The number of aliphatic hydroxyl groups excluding tert-OH is 1. The second kappa shape index (κ2) is 13.7. The molecule has 1 saturated heterocycles. The Morgan fingerprint density at radius 2 is 1.94 bits per heavy atom. The van der Waals surface area contributed by atoms with Crippen molar-refractivity contribution in [3.8, 4) is 0 Å². The summed E-state index contributed by atoms with van der Waals surface area (Å²) in [7, 11) is 0. The molecule has 1 aliphatic heterocycles. The number of nitrogens with two attached hydrogens (primary N) is 1. The number of primary amides is 1. The van der Waals surface area contributed by atoms with Gasteiger partial charge in [-0.2, -0.15) is 0 Å². The zero-order valence-electron chi connectivity index (χ0n) is 19.1. The van der Waals surface area contributed by atoms with Gasteiger partial charge in [0.05, 0.1) is 25.0 Å². The van der Waals surface area contributed by atoms with Crippen molar-refractivity contribution < 1.29 is 24.3 Å². The molecule has 2 unspecified atom stereocenters. The van der Waals surface area contributed by atoms with Gasteiger partial charge in [0.15, 0.2) is 0 Å². The van der Waals surface area contributed by atoms with Crippen molar-refractivity contribution in [3.63, 3.8) is 0 Å². The Morgan fingerprint density at radius 3 is 2.61 bits per heavy atom. The Kier molecular flexibility index (Phi) is 10.9. The monoisotopic (exact) mass is 461 g/mol. The number of rotatable bonds is 7. The fourth-order valence-electron chi connectivity index (χ4n) is 3.80. The van der Waals surface area contributed by atoms with E-state index in [-0.39, 0.29) is 38.3 Å². The molecule has 10 heteroatoms. The molecule has 0 radical (unpaired) electrons. The maximum atomic E-state index is 13.4. The van der Waals surface area contributed by atoms with Gasteiger partial charge in [0.1, 0.15) is 12.0 Å². The SMILES string of the molecule is CCCCC1C(=O)NNCC(=O)CCCN(CC(N)=O)C(=O)[C@H](Cc2ccccc2)NC1O. The van der Waals surface area contributed by atoms with Gasteiger partial charge in [-0.3, -0.25) is 29.9 Å². The topological polar surface area (TPSA) is 154 Å². The molecule has 1 aromatic carbocycles. The van der Waals surface area contributed by atoms with Crippen LogP contribution in [0.4, 0.5) is 0 Å². The summed E-state index contributed by atoms with van der Waals surface area (Å²) >= 11 is 0. The highest BCUT2D eigenvalue weighted by Crippen LogP contribution is 2.15.